The Balaban J connectivity index is 2.02. The average molecular weight is 268 g/mol. The standard InChI is InChI=1S/C14H24N2OS/c1-11(2)12-7-13(15-4-5-17)9-16(8-12)14-3-6-18-10-14/h3,6,10-13,15,17H,4-5,7-9H2,1-2H3. The van der Waals surface area contributed by atoms with Crippen molar-refractivity contribution in [2.45, 2.75) is 26.3 Å². The highest BCUT2D eigenvalue weighted by atomic mass is 32.1. The molecule has 0 aliphatic carbocycles. The van der Waals surface area contributed by atoms with Gasteiger partial charge in [0.15, 0.2) is 0 Å². The van der Waals surface area contributed by atoms with E-state index in [1.807, 2.05) is 0 Å². The van der Waals surface area contributed by atoms with Gasteiger partial charge < -0.3 is 15.3 Å². The first-order chi connectivity index (χ1) is 8.70. The molecule has 1 aromatic heterocycles. The number of nitrogens with zero attached hydrogens (tertiary/aromatic N) is 1. The van der Waals surface area contributed by atoms with Gasteiger partial charge in [-0.1, -0.05) is 13.8 Å². The predicted octanol–water partition coefficient (Wildman–Crippen LogP) is 2.18. The van der Waals surface area contributed by atoms with Gasteiger partial charge in [-0.15, -0.1) is 0 Å². The van der Waals surface area contributed by atoms with Gasteiger partial charge in [-0.25, -0.2) is 0 Å². The van der Waals surface area contributed by atoms with Crippen LogP contribution in [0, 0.1) is 11.8 Å². The van der Waals surface area contributed by atoms with E-state index in [-0.39, 0.29) is 6.61 Å². The average Bonchev–Trinajstić information content (AvgIpc) is 2.89. The molecule has 0 saturated carbocycles. The summed E-state index contributed by atoms with van der Waals surface area (Å²) in [6, 6.07) is 2.70. The zero-order valence-electron chi connectivity index (χ0n) is 11.3. The van der Waals surface area contributed by atoms with Gasteiger partial charge in [0.25, 0.3) is 0 Å². The van der Waals surface area contributed by atoms with Crippen LogP contribution < -0.4 is 10.2 Å². The second-order valence-electron chi connectivity index (χ2n) is 5.50. The van der Waals surface area contributed by atoms with Crippen LogP contribution in [0.5, 0.6) is 0 Å². The first-order valence-corrected chi connectivity index (χ1v) is 7.76. The number of thiophene rings is 1. The van der Waals surface area contributed by atoms with Crippen LogP contribution in [0.1, 0.15) is 20.3 Å². The van der Waals surface area contributed by atoms with Crippen molar-refractivity contribution >= 4 is 17.0 Å². The molecule has 1 fully saturated rings. The van der Waals surface area contributed by atoms with E-state index in [2.05, 4.69) is 40.9 Å². The monoisotopic (exact) mass is 268 g/mol. The van der Waals surface area contributed by atoms with E-state index in [4.69, 9.17) is 5.11 Å². The summed E-state index contributed by atoms with van der Waals surface area (Å²) in [5.74, 6) is 1.44. The zero-order valence-corrected chi connectivity index (χ0v) is 12.1. The summed E-state index contributed by atoms with van der Waals surface area (Å²) in [5, 5.41) is 16.8. The van der Waals surface area contributed by atoms with Crippen molar-refractivity contribution in [2.24, 2.45) is 11.8 Å². The third kappa shape index (κ3) is 3.46. The molecule has 1 aliphatic heterocycles. The molecule has 3 nitrogen and oxygen atoms in total. The molecular formula is C14H24N2OS. The van der Waals surface area contributed by atoms with Gasteiger partial charge in [0, 0.05) is 36.7 Å². The van der Waals surface area contributed by atoms with Crippen molar-refractivity contribution in [3.05, 3.63) is 16.8 Å². The number of rotatable bonds is 5. The fraction of sp³-hybridized carbons (Fsp3) is 0.714. The van der Waals surface area contributed by atoms with E-state index in [0.29, 0.717) is 18.5 Å². The molecule has 2 N–H and O–H groups in total. The van der Waals surface area contributed by atoms with Crippen LogP contribution in [0.2, 0.25) is 0 Å². The van der Waals surface area contributed by atoms with Crippen LogP contribution in [-0.2, 0) is 0 Å². The summed E-state index contributed by atoms with van der Waals surface area (Å²) >= 11 is 1.76. The molecule has 2 unspecified atom stereocenters. The molecule has 0 aromatic carbocycles. The largest absolute Gasteiger partial charge is 0.395 e. The Morgan fingerprint density at radius 2 is 2.33 bits per heavy atom. The zero-order chi connectivity index (χ0) is 13.0. The second-order valence-corrected chi connectivity index (χ2v) is 6.28. The maximum absolute atomic E-state index is 8.95. The van der Waals surface area contributed by atoms with Crippen LogP contribution in [-0.4, -0.2) is 37.4 Å². The van der Waals surface area contributed by atoms with Crippen molar-refractivity contribution in [2.75, 3.05) is 31.1 Å². The Bertz CT molecular complexity index is 340. The molecule has 1 saturated heterocycles. The maximum atomic E-state index is 8.95. The Hall–Kier alpha value is -0.580. The molecule has 0 spiro atoms. The fourth-order valence-corrected chi connectivity index (χ4v) is 3.35. The summed E-state index contributed by atoms with van der Waals surface area (Å²) in [5.41, 5.74) is 1.35. The molecule has 1 aromatic rings. The van der Waals surface area contributed by atoms with Gasteiger partial charge in [-0.05, 0) is 29.7 Å². The maximum Gasteiger partial charge on any atom is 0.0556 e. The summed E-state index contributed by atoms with van der Waals surface area (Å²) in [6.45, 7) is 7.76. The minimum absolute atomic E-state index is 0.224. The summed E-state index contributed by atoms with van der Waals surface area (Å²) in [6.07, 6.45) is 1.22. The molecule has 1 aliphatic rings. The van der Waals surface area contributed by atoms with Crippen LogP contribution in [0.15, 0.2) is 16.8 Å². The lowest BCUT2D eigenvalue weighted by atomic mass is 9.85. The van der Waals surface area contributed by atoms with Gasteiger partial charge >= 0.3 is 0 Å². The van der Waals surface area contributed by atoms with E-state index in [1.54, 1.807) is 11.3 Å². The molecular weight excluding hydrogens is 244 g/mol. The van der Waals surface area contributed by atoms with E-state index in [1.165, 1.54) is 12.1 Å². The summed E-state index contributed by atoms with van der Waals surface area (Å²) in [7, 11) is 0. The van der Waals surface area contributed by atoms with E-state index in [0.717, 1.165) is 19.0 Å². The number of hydrogen-bond donors (Lipinski definition) is 2. The van der Waals surface area contributed by atoms with Crippen LogP contribution in [0.25, 0.3) is 0 Å². The van der Waals surface area contributed by atoms with Gasteiger partial charge in [-0.2, -0.15) is 11.3 Å². The number of aliphatic hydroxyl groups is 1. The lowest BCUT2D eigenvalue weighted by Gasteiger charge is -2.40. The highest BCUT2D eigenvalue weighted by molar-refractivity contribution is 7.08. The number of anilines is 1. The van der Waals surface area contributed by atoms with Gasteiger partial charge in [0.1, 0.15) is 0 Å². The highest BCUT2D eigenvalue weighted by Crippen LogP contribution is 2.28. The molecule has 4 heteroatoms. The smallest absolute Gasteiger partial charge is 0.0556 e. The van der Waals surface area contributed by atoms with Gasteiger partial charge in [-0.3, -0.25) is 0 Å². The predicted molar refractivity (Wildman–Crippen MR) is 78.4 cm³/mol. The molecule has 2 rings (SSSR count). The minimum atomic E-state index is 0.224. The van der Waals surface area contributed by atoms with E-state index >= 15 is 0 Å². The molecule has 0 bridgehead atoms. The number of aliphatic hydroxyl groups excluding tert-OH is 1. The third-order valence-corrected chi connectivity index (χ3v) is 4.51. The Kier molecular flexibility index (Phi) is 5.03. The molecule has 0 amide bonds. The Morgan fingerprint density at radius 1 is 1.50 bits per heavy atom. The summed E-state index contributed by atoms with van der Waals surface area (Å²) < 4.78 is 0. The van der Waals surface area contributed by atoms with Gasteiger partial charge in [0.05, 0.1) is 6.61 Å². The van der Waals surface area contributed by atoms with Crippen molar-refractivity contribution in [1.29, 1.82) is 0 Å². The Labute approximate surface area is 114 Å². The van der Waals surface area contributed by atoms with Crippen LogP contribution in [0.3, 0.4) is 0 Å². The first kappa shape index (κ1) is 13.8. The summed E-state index contributed by atoms with van der Waals surface area (Å²) in [4.78, 5) is 2.49. The number of hydrogen-bond acceptors (Lipinski definition) is 4. The fourth-order valence-electron chi connectivity index (χ4n) is 2.69. The minimum Gasteiger partial charge on any atom is -0.395 e. The van der Waals surface area contributed by atoms with Crippen molar-refractivity contribution in [3.8, 4) is 0 Å². The van der Waals surface area contributed by atoms with Crippen molar-refractivity contribution < 1.29 is 5.11 Å². The molecule has 0 radical (unpaired) electrons. The quantitative estimate of drug-likeness (QED) is 0.859. The molecule has 102 valence electrons. The number of piperidine rings is 1. The lowest BCUT2D eigenvalue weighted by Crippen LogP contribution is -2.50. The third-order valence-electron chi connectivity index (χ3n) is 3.84. The normalized spacial score (nSPS) is 24.8. The number of nitrogens with one attached hydrogen (secondary N) is 1. The van der Waals surface area contributed by atoms with E-state index in [9.17, 15) is 0 Å². The van der Waals surface area contributed by atoms with Gasteiger partial charge in [0.2, 0.25) is 0 Å². The van der Waals surface area contributed by atoms with Crippen molar-refractivity contribution in [1.82, 2.24) is 5.32 Å². The molecule has 2 heterocycles. The van der Waals surface area contributed by atoms with E-state index < -0.39 is 0 Å². The second kappa shape index (κ2) is 6.55. The molecule has 2 atom stereocenters. The molecule has 18 heavy (non-hydrogen) atoms. The van der Waals surface area contributed by atoms with Crippen LogP contribution >= 0.6 is 11.3 Å². The first-order valence-electron chi connectivity index (χ1n) is 6.82. The van der Waals surface area contributed by atoms with Crippen molar-refractivity contribution in [3.63, 3.8) is 0 Å². The van der Waals surface area contributed by atoms with Crippen LogP contribution in [0.4, 0.5) is 5.69 Å². The highest BCUT2D eigenvalue weighted by Gasteiger charge is 2.28. The lowest BCUT2D eigenvalue weighted by molar-refractivity contribution is 0.246. The topological polar surface area (TPSA) is 35.5 Å². The SMILES string of the molecule is CC(C)C1CC(NCCO)CN(c2ccsc2)C1. The Morgan fingerprint density at radius 3 is 2.94 bits per heavy atom.